The number of fused-ring (bicyclic) bond motifs is 3. The molecule has 0 radical (unpaired) electrons. The van der Waals surface area contributed by atoms with Crippen molar-refractivity contribution in [3.63, 3.8) is 0 Å². The van der Waals surface area contributed by atoms with E-state index in [0.29, 0.717) is 11.8 Å². The van der Waals surface area contributed by atoms with Gasteiger partial charge in [-0.1, -0.05) is 26.8 Å². The predicted molar refractivity (Wildman–Crippen MR) is 137 cm³/mol. The first-order valence-corrected chi connectivity index (χ1v) is 13.9. The average Bonchev–Trinajstić information content (AvgIpc) is 3.63. The van der Waals surface area contributed by atoms with E-state index in [1.165, 1.54) is 30.5 Å². The summed E-state index contributed by atoms with van der Waals surface area (Å²) in [5.41, 5.74) is 1.05. The first kappa shape index (κ1) is 24.1. The lowest BCUT2D eigenvalue weighted by atomic mass is 9.33. The SMILES string of the molecule is COc1c(O)ccc2c1[C@]13CCN(CC4CC4)[C@H](C2)[C@]12CC[C@](OC)(C3)[C@@H]([C@](C)(O)C(C)(C)C)C2. The van der Waals surface area contributed by atoms with Crippen molar-refractivity contribution >= 4 is 0 Å². The largest absolute Gasteiger partial charge is 0.504 e. The van der Waals surface area contributed by atoms with E-state index in [1.54, 1.807) is 7.11 Å². The van der Waals surface area contributed by atoms with Crippen molar-refractivity contribution in [3.05, 3.63) is 23.3 Å². The number of likely N-dealkylation sites (tertiary alicyclic amines) is 1. The quantitative estimate of drug-likeness (QED) is 0.614. The van der Waals surface area contributed by atoms with Gasteiger partial charge in [0.25, 0.3) is 0 Å². The lowest BCUT2D eigenvalue weighted by Crippen LogP contribution is -2.78. The Morgan fingerprint density at radius 3 is 2.46 bits per heavy atom. The number of ether oxygens (including phenoxy) is 2. The number of nitrogens with zero attached hydrogens (tertiary/aromatic N) is 1. The highest BCUT2D eigenvalue weighted by Crippen LogP contribution is 2.75. The summed E-state index contributed by atoms with van der Waals surface area (Å²) >= 11 is 0. The number of aliphatic hydroxyl groups is 1. The number of methoxy groups -OCH3 is 2. The zero-order chi connectivity index (χ0) is 25.0. The molecule has 6 atom stereocenters. The number of phenols is 1. The van der Waals surface area contributed by atoms with E-state index in [2.05, 4.69) is 38.7 Å². The molecule has 1 aromatic rings. The fourth-order valence-electron chi connectivity index (χ4n) is 9.30. The number of hydrogen-bond donors (Lipinski definition) is 2. The van der Waals surface area contributed by atoms with Gasteiger partial charge in [-0.3, -0.25) is 4.90 Å². The van der Waals surface area contributed by atoms with Crippen LogP contribution in [0.4, 0.5) is 0 Å². The third-order valence-corrected chi connectivity index (χ3v) is 11.8. The third-order valence-electron chi connectivity index (χ3n) is 11.8. The molecule has 1 heterocycles. The van der Waals surface area contributed by atoms with Crippen LogP contribution in [0.15, 0.2) is 12.1 Å². The zero-order valence-corrected chi connectivity index (χ0v) is 22.6. The van der Waals surface area contributed by atoms with E-state index in [0.717, 1.165) is 51.0 Å². The van der Waals surface area contributed by atoms with Crippen molar-refractivity contribution in [3.8, 4) is 11.5 Å². The molecular weight excluding hydrogens is 438 g/mol. The van der Waals surface area contributed by atoms with Gasteiger partial charge >= 0.3 is 0 Å². The van der Waals surface area contributed by atoms with Gasteiger partial charge in [-0.25, -0.2) is 0 Å². The van der Waals surface area contributed by atoms with Crippen molar-refractivity contribution in [2.45, 2.75) is 102 Å². The van der Waals surface area contributed by atoms with Crippen molar-refractivity contribution < 1.29 is 19.7 Å². The second kappa shape index (κ2) is 7.39. The van der Waals surface area contributed by atoms with Crippen LogP contribution >= 0.6 is 0 Å². The van der Waals surface area contributed by atoms with Crippen LogP contribution in [0.3, 0.4) is 0 Å². The van der Waals surface area contributed by atoms with Gasteiger partial charge in [0, 0.05) is 36.6 Å². The zero-order valence-electron chi connectivity index (χ0n) is 22.6. The van der Waals surface area contributed by atoms with Gasteiger partial charge in [-0.15, -0.1) is 0 Å². The van der Waals surface area contributed by atoms with Crippen LogP contribution in [0.1, 0.15) is 83.8 Å². The summed E-state index contributed by atoms with van der Waals surface area (Å²) in [5, 5.41) is 23.0. The van der Waals surface area contributed by atoms with Crippen LogP contribution in [-0.2, 0) is 16.6 Å². The summed E-state index contributed by atoms with van der Waals surface area (Å²) in [4.78, 5) is 2.83. The molecule has 4 saturated carbocycles. The maximum absolute atomic E-state index is 12.1. The van der Waals surface area contributed by atoms with Crippen LogP contribution in [0.5, 0.6) is 11.5 Å². The van der Waals surface area contributed by atoms with E-state index in [9.17, 15) is 10.2 Å². The van der Waals surface area contributed by atoms with Crippen molar-refractivity contribution in [2.75, 3.05) is 27.3 Å². The molecule has 1 saturated heterocycles. The van der Waals surface area contributed by atoms with E-state index in [-0.39, 0.29) is 33.5 Å². The number of piperidine rings is 1. The van der Waals surface area contributed by atoms with Gasteiger partial charge in [-0.2, -0.15) is 0 Å². The van der Waals surface area contributed by atoms with Crippen LogP contribution in [0.2, 0.25) is 0 Å². The highest BCUT2D eigenvalue weighted by atomic mass is 16.5. The topological polar surface area (TPSA) is 62.2 Å². The molecule has 7 rings (SSSR count). The van der Waals surface area contributed by atoms with Gasteiger partial charge in [0.15, 0.2) is 11.5 Å². The Hall–Kier alpha value is -1.30. The van der Waals surface area contributed by atoms with Gasteiger partial charge in [0.1, 0.15) is 0 Å². The smallest absolute Gasteiger partial charge is 0.164 e. The molecule has 5 fully saturated rings. The molecule has 5 heteroatoms. The molecule has 1 aliphatic heterocycles. The van der Waals surface area contributed by atoms with Crippen molar-refractivity contribution in [2.24, 2.45) is 22.7 Å². The Bertz CT molecular complexity index is 1030. The average molecular weight is 484 g/mol. The maximum atomic E-state index is 12.1. The number of benzene rings is 1. The Morgan fingerprint density at radius 1 is 1.09 bits per heavy atom. The molecule has 1 spiro atoms. The summed E-state index contributed by atoms with van der Waals surface area (Å²) < 4.78 is 12.5. The minimum Gasteiger partial charge on any atom is -0.504 e. The molecule has 5 nitrogen and oxygen atoms in total. The second-order valence-corrected chi connectivity index (χ2v) is 13.9. The fraction of sp³-hybridized carbons (Fsp3) is 0.800. The Morgan fingerprint density at radius 2 is 1.83 bits per heavy atom. The summed E-state index contributed by atoms with van der Waals surface area (Å²) in [6.45, 7) is 10.9. The molecule has 6 aliphatic rings. The number of aromatic hydroxyl groups is 1. The monoisotopic (exact) mass is 483 g/mol. The van der Waals surface area contributed by atoms with Crippen molar-refractivity contribution in [1.82, 2.24) is 4.90 Å². The summed E-state index contributed by atoms with van der Waals surface area (Å²) in [6.07, 6.45) is 8.78. The third kappa shape index (κ3) is 2.98. The van der Waals surface area contributed by atoms with Gasteiger partial charge < -0.3 is 19.7 Å². The number of hydrogen-bond acceptors (Lipinski definition) is 5. The molecule has 35 heavy (non-hydrogen) atoms. The van der Waals surface area contributed by atoms with Crippen molar-refractivity contribution in [1.29, 1.82) is 0 Å². The molecule has 1 aromatic carbocycles. The molecule has 194 valence electrons. The number of rotatable bonds is 5. The number of phenolic OH excluding ortho intramolecular Hbond substituents is 1. The van der Waals surface area contributed by atoms with E-state index >= 15 is 0 Å². The van der Waals surface area contributed by atoms with Crippen LogP contribution in [-0.4, -0.2) is 59.7 Å². The molecule has 0 unspecified atom stereocenters. The molecule has 2 N–H and O–H groups in total. The molecule has 5 aliphatic carbocycles. The van der Waals surface area contributed by atoms with E-state index in [1.807, 2.05) is 13.2 Å². The Labute approximate surface area is 211 Å². The standard InChI is InChI=1S/C30H45NO4/c1-26(2,3)27(4,33)22-16-28-11-12-30(22,35-6)18-29(28)13-14-31(17-19-7-8-19)23(28)15-20-9-10-21(32)25(34-5)24(20)29/h9-10,19,22-23,32-33H,7-8,11-18H2,1-6H3/t22-,23-,27+,28-,29-,30+/m1/s1. The van der Waals surface area contributed by atoms with E-state index in [4.69, 9.17) is 9.47 Å². The minimum absolute atomic E-state index is 0.0500. The first-order valence-electron chi connectivity index (χ1n) is 13.9. The van der Waals surface area contributed by atoms with Crippen LogP contribution in [0.25, 0.3) is 0 Å². The lowest BCUT2D eigenvalue weighted by Gasteiger charge is -2.75. The summed E-state index contributed by atoms with van der Waals surface area (Å²) in [5.74, 6) is 1.85. The highest BCUT2D eigenvalue weighted by Gasteiger charge is 2.75. The summed E-state index contributed by atoms with van der Waals surface area (Å²) in [6, 6.07) is 4.44. The lowest BCUT2D eigenvalue weighted by molar-refractivity contribution is -0.282. The predicted octanol–water partition coefficient (Wildman–Crippen LogP) is 5.05. The Balaban J connectivity index is 1.57. The highest BCUT2D eigenvalue weighted by molar-refractivity contribution is 5.59. The fourth-order valence-corrected chi connectivity index (χ4v) is 9.30. The molecule has 4 bridgehead atoms. The first-order chi connectivity index (χ1) is 16.4. The van der Waals surface area contributed by atoms with Crippen LogP contribution in [0, 0.1) is 22.7 Å². The van der Waals surface area contributed by atoms with Gasteiger partial charge in [0.2, 0.25) is 0 Å². The Kier molecular flexibility index (Phi) is 5.08. The molecule has 0 aromatic heterocycles. The minimum atomic E-state index is -0.850. The van der Waals surface area contributed by atoms with Gasteiger partial charge in [-0.05, 0) is 93.2 Å². The maximum Gasteiger partial charge on any atom is 0.164 e. The second-order valence-electron chi connectivity index (χ2n) is 13.9. The van der Waals surface area contributed by atoms with Gasteiger partial charge in [0.05, 0.1) is 18.3 Å². The molecule has 0 amide bonds. The normalized spacial score (nSPS) is 40.1. The van der Waals surface area contributed by atoms with Crippen LogP contribution < -0.4 is 4.74 Å². The molecular formula is C30H45NO4. The van der Waals surface area contributed by atoms with E-state index < -0.39 is 5.60 Å². The summed E-state index contributed by atoms with van der Waals surface area (Å²) in [7, 11) is 3.57.